The molecule has 2 atom stereocenters. The number of pyridine rings is 1. The van der Waals surface area contributed by atoms with Gasteiger partial charge in [-0.2, -0.15) is 0 Å². The minimum Gasteiger partial charge on any atom is -0.392 e. The first kappa shape index (κ1) is 13.5. The summed E-state index contributed by atoms with van der Waals surface area (Å²) in [5.41, 5.74) is 2.39. The molecule has 1 aliphatic rings. The van der Waals surface area contributed by atoms with Gasteiger partial charge in [0.2, 0.25) is 0 Å². The van der Waals surface area contributed by atoms with Crippen LogP contribution in [-0.4, -0.2) is 34.2 Å². The number of aliphatic hydroxyl groups excluding tert-OH is 1. The van der Waals surface area contributed by atoms with Gasteiger partial charge in [0.05, 0.1) is 6.10 Å². The lowest BCUT2D eigenvalue weighted by atomic mass is 10.0. The summed E-state index contributed by atoms with van der Waals surface area (Å²) in [6, 6.07) is 4.64. The lowest BCUT2D eigenvalue weighted by Gasteiger charge is -2.35. The van der Waals surface area contributed by atoms with Crippen molar-refractivity contribution in [3.05, 3.63) is 29.6 Å². The van der Waals surface area contributed by atoms with Crippen molar-refractivity contribution < 1.29 is 5.11 Å². The van der Waals surface area contributed by atoms with Crippen LogP contribution in [0.2, 0.25) is 0 Å². The Bertz CT molecular complexity index is 375. The number of hydrogen-bond donors (Lipinski definition) is 1. The number of rotatable bonds is 3. The van der Waals surface area contributed by atoms with Crippen LogP contribution in [0.15, 0.2) is 18.3 Å². The van der Waals surface area contributed by atoms with Gasteiger partial charge in [-0.3, -0.25) is 9.88 Å². The molecule has 3 heteroatoms. The van der Waals surface area contributed by atoms with Gasteiger partial charge < -0.3 is 5.11 Å². The van der Waals surface area contributed by atoms with Crippen LogP contribution in [0, 0.1) is 0 Å². The molecule has 1 aliphatic heterocycles. The van der Waals surface area contributed by atoms with Crippen molar-refractivity contribution in [2.75, 3.05) is 13.1 Å². The van der Waals surface area contributed by atoms with Gasteiger partial charge in [0.15, 0.2) is 0 Å². The van der Waals surface area contributed by atoms with E-state index in [0.717, 1.165) is 31.6 Å². The topological polar surface area (TPSA) is 36.4 Å². The van der Waals surface area contributed by atoms with E-state index in [0.29, 0.717) is 12.0 Å². The standard InChI is InChI=1S/C15H24N2O/c1-11(2)15-7-6-13(9-16-15)12(3)17-8-4-5-14(18)10-17/h6-7,9,11-12,14,18H,4-5,8,10H2,1-3H3/t12-,14+/m1/s1. The normalized spacial score (nSPS) is 23.3. The van der Waals surface area contributed by atoms with Gasteiger partial charge >= 0.3 is 0 Å². The fourth-order valence-corrected chi connectivity index (χ4v) is 2.55. The summed E-state index contributed by atoms with van der Waals surface area (Å²) in [5.74, 6) is 0.478. The monoisotopic (exact) mass is 248 g/mol. The molecular weight excluding hydrogens is 224 g/mol. The summed E-state index contributed by atoms with van der Waals surface area (Å²) in [6.45, 7) is 8.38. The molecule has 0 spiro atoms. The quantitative estimate of drug-likeness (QED) is 0.893. The lowest BCUT2D eigenvalue weighted by Crippen LogP contribution is -2.39. The van der Waals surface area contributed by atoms with E-state index in [2.05, 4.69) is 42.8 Å². The first-order valence-electron chi connectivity index (χ1n) is 6.96. The van der Waals surface area contributed by atoms with Crippen LogP contribution in [0.3, 0.4) is 0 Å². The molecule has 2 heterocycles. The van der Waals surface area contributed by atoms with Gasteiger partial charge in [-0.1, -0.05) is 19.9 Å². The average Bonchev–Trinajstić information content (AvgIpc) is 2.38. The van der Waals surface area contributed by atoms with Gasteiger partial charge in [-0.25, -0.2) is 0 Å². The van der Waals surface area contributed by atoms with Crippen LogP contribution >= 0.6 is 0 Å². The van der Waals surface area contributed by atoms with E-state index < -0.39 is 0 Å². The summed E-state index contributed by atoms with van der Waals surface area (Å²) in [5, 5.41) is 9.73. The smallest absolute Gasteiger partial charge is 0.0667 e. The van der Waals surface area contributed by atoms with Gasteiger partial charge in [-0.15, -0.1) is 0 Å². The molecule has 1 fully saturated rings. The number of aromatic nitrogens is 1. The Morgan fingerprint density at radius 1 is 1.33 bits per heavy atom. The van der Waals surface area contributed by atoms with Crippen LogP contribution in [0.1, 0.15) is 56.8 Å². The maximum atomic E-state index is 9.73. The molecule has 0 aliphatic carbocycles. The molecule has 0 radical (unpaired) electrons. The molecule has 2 rings (SSSR count). The predicted molar refractivity (Wildman–Crippen MR) is 73.6 cm³/mol. The van der Waals surface area contributed by atoms with E-state index in [4.69, 9.17) is 0 Å². The molecule has 0 bridgehead atoms. The van der Waals surface area contributed by atoms with Crippen molar-refractivity contribution in [1.29, 1.82) is 0 Å². The Morgan fingerprint density at radius 3 is 2.67 bits per heavy atom. The molecule has 0 aromatic carbocycles. The molecule has 0 unspecified atom stereocenters. The van der Waals surface area contributed by atoms with E-state index in [1.807, 2.05) is 6.20 Å². The second-order valence-corrected chi connectivity index (χ2v) is 5.64. The highest BCUT2D eigenvalue weighted by Gasteiger charge is 2.23. The van der Waals surface area contributed by atoms with Crippen LogP contribution in [0.4, 0.5) is 0 Å². The number of hydrogen-bond acceptors (Lipinski definition) is 3. The van der Waals surface area contributed by atoms with Crippen molar-refractivity contribution >= 4 is 0 Å². The highest BCUT2D eigenvalue weighted by molar-refractivity contribution is 5.19. The van der Waals surface area contributed by atoms with Gasteiger partial charge in [-0.05, 0) is 43.9 Å². The Hall–Kier alpha value is -0.930. The average molecular weight is 248 g/mol. The Morgan fingerprint density at radius 2 is 2.11 bits per heavy atom. The largest absolute Gasteiger partial charge is 0.392 e. The molecule has 100 valence electrons. The van der Waals surface area contributed by atoms with E-state index >= 15 is 0 Å². The highest BCUT2D eigenvalue weighted by atomic mass is 16.3. The summed E-state index contributed by atoms with van der Waals surface area (Å²) >= 11 is 0. The Labute approximate surface area is 110 Å². The molecule has 0 amide bonds. The predicted octanol–water partition coefficient (Wildman–Crippen LogP) is 2.72. The minimum atomic E-state index is -0.163. The van der Waals surface area contributed by atoms with Crippen molar-refractivity contribution in [3.63, 3.8) is 0 Å². The van der Waals surface area contributed by atoms with Crippen LogP contribution in [-0.2, 0) is 0 Å². The number of nitrogens with zero attached hydrogens (tertiary/aromatic N) is 2. The van der Waals surface area contributed by atoms with Crippen LogP contribution in [0.25, 0.3) is 0 Å². The summed E-state index contributed by atoms with van der Waals surface area (Å²) in [4.78, 5) is 6.87. The zero-order chi connectivity index (χ0) is 13.1. The second-order valence-electron chi connectivity index (χ2n) is 5.64. The number of likely N-dealkylation sites (tertiary alicyclic amines) is 1. The maximum Gasteiger partial charge on any atom is 0.0667 e. The lowest BCUT2D eigenvalue weighted by molar-refractivity contribution is 0.0503. The van der Waals surface area contributed by atoms with E-state index in [9.17, 15) is 5.11 Å². The second kappa shape index (κ2) is 5.81. The maximum absolute atomic E-state index is 9.73. The SMILES string of the molecule is CC(C)c1ccc([C@@H](C)N2CCC[C@H](O)C2)cn1. The van der Waals surface area contributed by atoms with E-state index in [-0.39, 0.29) is 6.10 Å². The number of β-amino-alcohol motifs (C(OH)–C–C–N with tert-alkyl or cyclic N) is 1. The summed E-state index contributed by atoms with van der Waals surface area (Å²) in [6.07, 6.45) is 3.85. The fraction of sp³-hybridized carbons (Fsp3) is 0.667. The summed E-state index contributed by atoms with van der Waals surface area (Å²) in [7, 11) is 0. The zero-order valence-electron chi connectivity index (χ0n) is 11.6. The first-order chi connectivity index (χ1) is 8.58. The fourth-order valence-electron chi connectivity index (χ4n) is 2.55. The minimum absolute atomic E-state index is 0.163. The van der Waals surface area contributed by atoms with Crippen molar-refractivity contribution in [3.8, 4) is 0 Å². The third kappa shape index (κ3) is 3.09. The molecule has 0 saturated carbocycles. The van der Waals surface area contributed by atoms with Crippen molar-refractivity contribution in [2.24, 2.45) is 0 Å². The Kier molecular flexibility index (Phi) is 4.36. The molecule has 1 aromatic rings. The van der Waals surface area contributed by atoms with Crippen molar-refractivity contribution in [1.82, 2.24) is 9.88 Å². The Balaban J connectivity index is 2.05. The molecule has 3 nitrogen and oxygen atoms in total. The van der Waals surface area contributed by atoms with E-state index in [1.165, 1.54) is 5.56 Å². The van der Waals surface area contributed by atoms with Crippen LogP contribution < -0.4 is 0 Å². The summed E-state index contributed by atoms with van der Waals surface area (Å²) < 4.78 is 0. The van der Waals surface area contributed by atoms with E-state index in [1.54, 1.807) is 0 Å². The third-order valence-corrected chi connectivity index (χ3v) is 3.86. The van der Waals surface area contributed by atoms with Gasteiger partial charge in [0, 0.05) is 24.5 Å². The van der Waals surface area contributed by atoms with Gasteiger partial charge in [0.25, 0.3) is 0 Å². The molecule has 18 heavy (non-hydrogen) atoms. The van der Waals surface area contributed by atoms with Gasteiger partial charge in [0.1, 0.15) is 0 Å². The molecule has 1 aromatic heterocycles. The highest BCUT2D eigenvalue weighted by Crippen LogP contribution is 2.24. The van der Waals surface area contributed by atoms with Crippen molar-refractivity contribution in [2.45, 2.75) is 51.7 Å². The first-order valence-corrected chi connectivity index (χ1v) is 6.96. The zero-order valence-corrected chi connectivity index (χ0v) is 11.6. The molecule has 1 N–H and O–H groups in total. The van der Waals surface area contributed by atoms with Crippen LogP contribution in [0.5, 0.6) is 0 Å². The number of piperidine rings is 1. The molecular formula is C15H24N2O. The number of aliphatic hydroxyl groups is 1. The molecule has 1 saturated heterocycles. The third-order valence-electron chi connectivity index (χ3n) is 3.86.